The van der Waals surface area contributed by atoms with E-state index in [1.54, 1.807) is 11.9 Å². The van der Waals surface area contributed by atoms with Crippen LogP contribution in [0.25, 0.3) is 0 Å². The maximum Gasteiger partial charge on any atom is 0.279 e. The van der Waals surface area contributed by atoms with Crippen LogP contribution in [0, 0.1) is 23.4 Å². The molecule has 1 heterocycles. The van der Waals surface area contributed by atoms with Crippen molar-refractivity contribution < 1.29 is 27.7 Å². The Morgan fingerprint density at radius 3 is 2.64 bits per heavy atom. The van der Waals surface area contributed by atoms with Gasteiger partial charge in [-0.2, -0.15) is 0 Å². The Hall–Kier alpha value is -2.09. The molecule has 1 unspecified atom stereocenters. The van der Waals surface area contributed by atoms with Crippen LogP contribution >= 0.6 is 0 Å². The molecule has 2 atom stereocenters. The fourth-order valence-corrected chi connectivity index (χ4v) is 2.94. The van der Waals surface area contributed by atoms with Crippen LogP contribution in [0.5, 0.6) is 0 Å². The molecule has 25 heavy (non-hydrogen) atoms. The summed E-state index contributed by atoms with van der Waals surface area (Å²) in [5.41, 5.74) is -0.423. The molecule has 0 aromatic heterocycles. The Bertz CT molecular complexity index is 654. The fraction of sp³-hybridized carbons (Fsp3) is 0.529. The molecule has 2 N–H and O–H groups in total. The minimum atomic E-state index is -1.63. The molecule has 1 aromatic carbocycles. The largest absolute Gasteiger partial charge is 0.338 e. The van der Waals surface area contributed by atoms with Gasteiger partial charge < -0.3 is 15.1 Å². The van der Waals surface area contributed by atoms with Gasteiger partial charge in [-0.3, -0.25) is 9.59 Å². The Kier molecular flexibility index (Phi) is 6.41. The first kappa shape index (κ1) is 19.2. The van der Waals surface area contributed by atoms with E-state index in [-0.39, 0.29) is 19.0 Å². The number of amides is 2. The first-order chi connectivity index (χ1) is 11.8. The molecule has 8 heteroatoms. The first-order valence-corrected chi connectivity index (χ1v) is 8.30. The Morgan fingerprint density at radius 2 is 1.96 bits per heavy atom. The van der Waals surface area contributed by atoms with Gasteiger partial charge in [0.25, 0.3) is 11.8 Å². The molecule has 138 valence electrons. The summed E-state index contributed by atoms with van der Waals surface area (Å²) < 4.78 is 39.6. The van der Waals surface area contributed by atoms with Crippen molar-refractivity contribution in [2.45, 2.75) is 19.8 Å². The normalized spacial score (nSPS) is 18.8. The monoisotopic (exact) mass is 358 g/mol. The molecule has 0 saturated carbocycles. The van der Waals surface area contributed by atoms with Gasteiger partial charge >= 0.3 is 0 Å². The van der Waals surface area contributed by atoms with E-state index in [1.807, 2.05) is 0 Å². The van der Waals surface area contributed by atoms with Crippen molar-refractivity contribution in [3.63, 3.8) is 0 Å². The Labute approximate surface area is 144 Å². The zero-order valence-corrected chi connectivity index (χ0v) is 14.4. The number of quaternary nitrogens is 1. The van der Waals surface area contributed by atoms with Crippen molar-refractivity contribution in [1.82, 2.24) is 4.90 Å². The predicted octanol–water partition coefficient (Wildman–Crippen LogP) is 0.816. The number of nitrogens with zero attached hydrogens (tertiary/aromatic N) is 1. The third kappa shape index (κ3) is 5.19. The molecule has 0 spiro atoms. The number of carbonyl (C=O) groups is 2. The number of piperidine rings is 1. The molecule has 1 aliphatic heterocycles. The van der Waals surface area contributed by atoms with Crippen molar-refractivity contribution >= 4 is 17.5 Å². The standard InChI is InChI=1S/C17H22F3N3O2/c1-11-4-3-7-23(8-11)15(25)10-22(2)9-14(24)21-13-6-5-12(18)16(19)17(13)20/h5-6,11H,3-4,7-10H2,1-2H3,(H,21,24)/p+1/t11-/m1/s1. The van der Waals surface area contributed by atoms with Gasteiger partial charge in [-0.15, -0.1) is 0 Å². The van der Waals surface area contributed by atoms with Crippen LogP contribution in [0.4, 0.5) is 18.9 Å². The van der Waals surface area contributed by atoms with Crippen LogP contribution in [0.2, 0.25) is 0 Å². The minimum absolute atomic E-state index is 0.0316. The average Bonchev–Trinajstić information content (AvgIpc) is 2.55. The second-order valence-corrected chi connectivity index (χ2v) is 6.67. The van der Waals surface area contributed by atoms with Crippen molar-refractivity contribution in [2.24, 2.45) is 5.92 Å². The molecule has 1 aliphatic rings. The van der Waals surface area contributed by atoms with Gasteiger partial charge in [-0.25, -0.2) is 13.2 Å². The molecule has 1 aromatic rings. The quantitative estimate of drug-likeness (QED) is 0.766. The summed E-state index contributed by atoms with van der Waals surface area (Å²) in [6.07, 6.45) is 2.08. The van der Waals surface area contributed by atoms with E-state index in [0.29, 0.717) is 10.8 Å². The smallest absolute Gasteiger partial charge is 0.279 e. The van der Waals surface area contributed by atoms with Crippen LogP contribution in [-0.4, -0.2) is 49.9 Å². The molecular formula is C17H23F3N3O2+. The van der Waals surface area contributed by atoms with Crippen LogP contribution in [0.3, 0.4) is 0 Å². The van der Waals surface area contributed by atoms with Gasteiger partial charge in [0, 0.05) is 13.1 Å². The second kappa shape index (κ2) is 8.33. The lowest BCUT2D eigenvalue weighted by atomic mass is 10.0. The van der Waals surface area contributed by atoms with Crippen LogP contribution in [0.15, 0.2) is 12.1 Å². The number of rotatable bonds is 5. The molecule has 0 radical (unpaired) electrons. The van der Waals surface area contributed by atoms with Crippen LogP contribution in [0.1, 0.15) is 19.8 Å². The maximum atomic E-state index is 13.6. The van der Waals surface area contributed by atoms with Gasteiger partial charge in [0.1, 0.15) is 0 Å². The molecule has 1 saturated heterocycles. The van der Waals surface area contributed by atoms with Gasteiger partial charge in [0.05, 0.1) is 12.7 Å². The molecule has 2 rings (SSSR count). The van der Waals surface area contributed by atoms with Gasteiger partial charge in [0.15, 0.2) is 30.5 Å². The summed E-state index contributed by atoms with van der Waals surface area (Å²) in [5, 5.41) is 2.20. The van der Waals surface area contributed by atoms with Gasteiger partial charge in [-0.05, 0) is 30.9 Å². The molecule has 0 aliphatic carbocycles. The number of hydrogen-bond donors (Lipinski definition) is 2. The fourth-order valence-electron chi connectivity index (χ4n) is 2.94. The van der Waals surface area contributed by atoms with Crippen molar-refractivity contribution in [3.8, 4) is 0 Å². The van der Waals surface area contributed by atoms with E-state index in [1.165, 1.54) is 0 Å². The number of carbonyl (C=O) groups excluding carboxylic acids is 2. The zero-order valence-electron chi connectivity index (χ0n) is 14.4. The highest BCUT2D eigenvalue weighted by molar-refractivity contribution is 5.91. The van der Waals surface area contributed by atoms with E-state index >= 15 is 0 Å². The highest BCUT2D eigenvalue weighted by atomic mass is 19.2. The third-order valence-electron chi connectivity index (χ3n) is 4.23. The average molecular weight is 358 g/mol. The molecule has 5 nitrogen and oxygen atoms in total. The predicted molar refractivity (Wildman–Crippen MR) is 86.5 cm³/mol. The van der Waals surface area contributed by atoms with Crippen molar-refractivity contribution in [2.75, 3.05) is 38.5 Å². The number of nitrogens with one attached hydrogen (secondary N) is 2. The van der Waals surface area contributed by atoms with E-state index in [9.17, 15) is 22.8 Å². The van der Waals surface area contributed by atoms with Crippen molar-refractivity contribution in [1.29, 1.82) is 0 Å². The van der Waals surface area contributed by atoms with Crippen LogP contribution < -0.4 is 10.2 Å². The summed E-state index contributed by atoms with van der Waals surface area (Å²) >= 11 is 0. The lowest BCUT2D eigenvalue weighted by molar-refractivity contribution is -0.862. The number of likely N-dealkylation sites (N-methyl/N-ethyl adjacent to an activating group) is 1. The Morgan fingerprint density at radius 1 is 1.24 bits per heavy atom. The first-order valence-electron chi connectivity index (χ1n) is 8.30. The number of hydrogen-bond acceptors (Lipinski definition) is 2. The highest BCUT2D eigenvalue weighted by Gasteiger charge is 2.24. The summed E-state index contributed by atoms with van der Waals surface area (Å²) in [5.74, 6) is -4.53. The third-order valence-corrected chi connectivity index (χ3v) is 4.23. The van der Waals surface area contributed by atoms with E-state index in [0.717, 1.165) is 38.1 Å². The van der Waals surface area contributed by atoms with E-state index in [4.69, 9.17) is 0 Å². The minimum Gasteiger partial charge on any atom is -0.338 e. The number of anilines is 1. The molecule has 0 bridgehead atoms. The summed E-state index contributed by atoms with van der Waals surface area (Å²) in [6, 6.07) is 1.70. The molecule has 1 fully saturated rings. The van der Waals surface area contributed by atoms with Gasteiger partial charge in [0.2, 0.25) is 0 Å². The lowest BCUT2D eigenvalue weighted by Crippen LogP contribution is -3.11. The topological polar surface area (TPSA) is 53.9 Å². The summed E-state index contributed by atoms with van der Waals surface area (Å²) in [6.45, 7) is 3.59. The van der Waals surface area contributed by atoms with E-state index < -0.39 is 29.0 Å². The summed E-state index contributed by atoms with van der Waals surface area (Å²) in [4.78, 5) is 26.6. The highest BCUT2D eigenvalue weighted by Crippen LogP contribution is 2.19. The van der Waals surface area contributed by atoms with Crippen molar-refractivity contribution in [3.05, 3.63) is 29.6 Å². The second-order valence-electron chi connectivity index (χ2n) is 6.67. The van der Waals surface area contributed by atoms with Gasteiger partial charge in [-0.1, -0.05) is 6.92 Å². The number of halogens is 3. The molecule has 2 amide bonds. The SMILES string of the molecule is C[C@@H]1CCCN(C(=O)C[NH+](C)CC(=O)Nc2ccc(F)c(F)c2F)C1. The number of benzene rings is 1. The number of likely N-dealkylation sites (tertiary alicyclic amines) is 1. The van der Waals surface area contributed by atoms with Crippen LogP contribution in [-0.2, 0) is 9.59 Å². The van der Waals surface area contributed by atoms with E-state index in [2.05, 4.69) is 12.2 Å². The molecular weight excluding hydrogens is 335 g/mol. The maximum absolute atomic E-state index is 13.6. The summed E-state index contributed by atoms with van der Waals surface area (Å²) in [7, 11) is 1.67. The lowest BCUT2D eigenvalue weighted by Gasteiger charge is -2.31. The zero-order chi connectivity index (χ0) is 18.6. The Balaban J connectivity index is 1.86.